The van der Waals surface area contributed by atoms with E-state index < -0.39 is 29.8 Å². The second-order valence-electron chi connectivity index (χ2n) is 9.12. The van der Waals surface area contributed by atoms with Gasteiger partial charge >= 0.3 is 0 Å². The largest absolute Gasteiger partial charge is 0.380 e. The van der Waals surface area contributed by atoms with Gasteiger partial charge in [-0.05, 0) is 72.4 Å². The molecule has 0 aliphatic carbocycles. The fraction of sp³-hybridized carbons (Fsp3) is 0.286. The molecule has 0 spiro atoms. The first-order valence-electron chi connectivity index (χ1n) is 11.9. The topological polar surface area (TPSA) is 89.9 Å². The minimum Gasteiger partial charge on any atom is -0.380 e. The Balaban J connectivity index is 1.38. The molecular formula is C28H27ClF2N2O4. The number of nitrogens with zero attached hydrogens (tertiary/aromatic N) is 1. The molecule has 3 aromatic carbocycles. The second kappa shape index (κ2) is 11.4. The summed E-state index contributed by atoms with van der Waals surface area (Å²) in [5.41, 5.74) is 2.82. The van der Waals surface area contributed by atoms with Gasteiger partial charge < -0.3 is 20.4 Å². The molecule has 1 heterocycles. The first kappa shape index (κ1) is 26.7. The highest BCUT2D eigenvalue weighted by Gasteiger charge is 2.38. The van der Waals surface area contributed by atoms with E-state index in [2.05, 4.69) is 5.32 Å². The van der Waals surface area contributed by atoms with Crippen LogP contribution in [0, 0.1) is 18.6 Å². The van der Waals surface area contributed by atoms with Gasteiger partial charge in [-0.2, -0.15) is 0 Å². The minimum atomic E-state index is -2.03. The maximum atomic E-state index is 14.7. The zero-order chi connectivity index (χ0) is 26.7. The highest BCUT2D eigenvalue weighted by molar-refractivity contribution is 6.30. The number of rotatable bonds is 7. The predicted octanol–water partition coefficient (Wildman–Crippen LogP) is 4.30. The van der Waals surface area contributed by atoms with Crippen molar-refractivity contribution in [2.45, 2.75) is 44.6 Å². The van der Waals surface area contributed by atoms with Gasteiger partial charge in [-0.3, -0.25) is 9.59 Å². The number of aliphatic hydroxyl groups excluding tert-OH is 2. The lowest BCUT2D eigenvalue weighted by Crippen LogP contribution is -2.50. The lowest BCUT2D eigenvalue weighted by Gasteiger charge is -2.28. The number of likely N-dealkylation sites (tertiary alicyclic amines) is 1. The highest BCUT2D eigenvalue weighted by Crippen LogP contribution is 2.33. The van der Waals surface area contributed by atoms with Crippen molar-refractivity contribution in [3.8, 4) is 11.1 Å². The molecule has 3 atom stereocenters. The van der Waals surface area contributed by atoms with Crippen molar-refractivity contribution >= 4 is 23.4 Å². The highest BCUT2D eigenvalue weighted by atomic mass is 35.5. The monoisotopic (exact) mass is 528 g/mol. The van der Waals surface area contributed by atoms with Crippen LogP contribution in [-0.4, -0.2) is 45.7 Å². The SMILES string of the molecule is Cc1cc(F)ccc1-c1ccc(CNC(=O)[C@H](O)[C@@H](O)C(=O)N2CCCC2c2cccc(Cl)c2)c(F)c1. The normalized spacial score (nSPS) is 16.9. The smallest absolute Gasteiger partial charge is 0.255 e. The van der Waals surface area contributed by atoms with E-state index in [0.717, 1.165) is 5.56 Å². The van der Waals surface area contributed by atoms with Gasteiger partial charge in [0.1, 0.15) is 11.6 Å². The number of hydrogen-bond donors (Lipinski definition) is 3. The first-order valence-corrected chi connectivity index (χ1v) is 12.3. The van der Waals surface area contributed by atoms with Crippen molar-refractivity contribution in [1.29, 1.82) is 0 Å². The maximum Gasteiger partial charge on any atom is 0.255 e. The van der Waals surface area contributed by atoms with Gasteiger partial charge in [-0.15, -0.1) is 0 Å². The number of halogens is 3. The Hall–Kier alpha value is -3.33. The summed E-state index contributed by atoms with van der Waals surface area (Å²) in [4.78, 5) is 26.8. The molecular weight excluding hydrogens is 502 g/mol. The average molecular weight is 529 g/mol. The molecule has 0 saturated carbocycles. The molecule has 9 heteroatoms. The second-order valence-corrected chi connectivity index (χ2v) is 9.55. The van der Waals surface area contributed by atoms with Crippen molar-refractivity contribution in [1.82, 2.24) is 10.2 Å². The molecule has 0 bridgehead atoms. The van der Waals surface area contributed by atoms with Crippen molar-refractivity contribution in [2.75, 3.05) is 6.54 Å². The minimum absolute atomic E-state index is 0.144. The number of aryl methyl sites for hydroxylation is 1. The third kappa shape index (κ3) is 5.98. The number of hydrogen-bond acceptors (Lipinski definition) is 4. The Morgan fingerprint density at radius 1 is 1.08 bits per heavy atom. The number of amides is 2. The fourth-order valence-electron chi connectivity index (χ4n) is 4.64. The number of carbonyl (C=O) groups is 2. The molecule has 194 valence electrons. The van der Waals surface area contributed by atoms with E-state index >= 15 is 0 Å². The summed E-state index contributed by atoms with van der Waals surface area (Å²) in [6.07, 6.45) is -2.65. The van der Waals surface area contributed by atoms with Gasteiger partial charge in [0, 0.05) is 23.7 Å². The molecule has 0 aromatic heterocycles. The van der Waals surface area contributed by atoms with Crippen LogP contribution in [0.1, 0.15) is 35.6 Å². The molecule has 2 amide bonds. The van der Waals surface area contributed by atoms with Crippen LogP contribution in [0.5, 0.6) is 0 Å². The van der Waals surface area contributed by atoms with Gasteiger partial charge in [0.25, 0.3) is 11.8 Å². The zero-order valence-corrected chi connectivity index (χ0v) is 20.9. The predicted molar refractivity (Wildman–Crippen MR) is 136 cm³/mol. The Bertz CT molecular complexity index is 1320. The molecule has 4 rings (SSSR count). The summed E-state index contributed by atoms with van der Waals surface area (Å²) in [6, 6.07) is 15.3. The summed E-state index contributed by atoms with van der Waals surface area (Å²) >= 11 is 6.07. The Kier molecular flexibility index (Phi) is 8.22. The number of benzene rings is 3. The molecule has 0 radical (unpaired) electrons. The van der Waals surface area contributed by atoms with Crippen LogP contribution in [0.2, 0.25) is 5.02 Å². The van der Waals surface area contributed by atoms with Crippen LogP contribution in [0.4, 0.5) is 8.78 Å². The van der Waals surface area contributed by atoms with Gasteiger partial charge in [0.15, 0.2) is 12.2 Å². The van der Waals surface area contributed by atoms with E-state index in [1.165, 1.54) is 29.2 Å². The van der Waals surface area contributed by atoms with E-state index in [1.54, 1.807) is 37.3 Å². The molecule has 6 nitrogen and oxygen atoms in total. The van der Waals surface area contributed by atoms with Crippen LogP contribution < -0.4 is 5.32 Å². The van der Waals surface area contributed by atoms with Crippen molar-refractivity contribution in [2.24, 2.45) is 0 Å². The van der Waals surface area contributed by atoms with Crippen LogP contribution in [0.15, 0.2) is 60.7 Å². The summed E-state index contributed by atoms with van der Waals surface area (Å²) in [6.45, 7) is 1.82. The van der Waals surface area contributed by atoms with E-state index in [0.29, 0.717) is 41.1 Å². The summed E-state index contributed by atoms with van der Waals surface area (Å²) in [5.74, 6) is -2.76. The number of carbonyl (C=O) groups excluding carboxylic acids is 2. The third-order valence-electron chi connectivity index (χ3n) is 6.60. The molecule has 1 fully saturated rings. The molecule has 1 aliphatic rings. The van der Waals surface area contributed by atoms with Crippen molar-refractivity contribution in [3.05, 3.63) is 94.0 Å². The zero-order valence-electron chi connectivity index (χ0n) is 20.1. The molecule has 1 saturated heterocycles. The summed E-state index contributed by atoms with van der Waals surface area (Å²) < 4.78 is 28.1. The standard InChI is InChI=1S/C28H27ClF2N2O4/c1-16-12-21(30)9-10-22(16)17-7-8-19(23(31)14-17)15-32-27(36)25(34)26(35)28(37)33-11-3-6-24(33)18-4-2-5-20(29)13-18/h2,4-5,7-10,12-14,24-26,34-35H,3,6,11,15H2,1H3,(H,32,36)/t24?,25-,26-/m1/s1. The van der Waals surface area contributed by atoms with Crippen LogP contribution in [-0.2, 0) is 16.1 Å². The molecule has 3 N–H and O–H groups in total. The van der Waals surface area contributed by atoms with Gasteiger partial charge in [-0.25, -0.2) is 8.78 Å². The van der Waals surface area contributed by atoms with E-state index in [9.17, 15) is 28.6 Å². The molecule has 1 aliphatic heterocycles. The molecule has 37 heavy (non-hydrogen) atoms. The van der Waals surface area contributed by atoms with Crippen molar-refractivity contribution < 1.29 is 28.6 Å². The summed E-state index contributed by atoms with van der Waals surface area (Å²) in [5, 5.41) is 23.7. The Labute approximate surface area is 218 Å². The lowest BCUT2D eigenvalue weighted by atomic mass is 9.99. The van der Waals surface area contributed by atoms with Crippen LogP contribution in [0.25, 0.3) is 11.1 Å². The summed E-state index contributed by atoms with van der Waals surface area (Å²) in [7, 11) is 0. The first-order chi connectivity index (χ1) is 17.7. The fourth-order valence-corrected chi connectivity index (χ4v) is 4.83. The average Bonchev–Trinajstić information content (AvgIpc) is 3.36. The van der Waals surface area contributed by atoms with E-state index in [-0.39, 0.29) is 24.0 Å². The number of nitrogens with one attached hydrogen (secondary N) is 1. The van der Waals surface area contributed by atoms with E-state index in [4.69, 9.17) is 11.6 Å². The molecule has 3 aromatic rings. The lowest BCUT2D eigenvalue weighted by molar-refractivity contribution is -0.153. The van der Waals surface area contributed by atoms with Crippen molar-refractivity contribution in [3.63, 3.8) is 0 Å². The van der Waals surface area contributed by atoms with Gasteiger partial charge in [0.05, 0.1) is 6.04 Å². The van der Waals surface area contributed by atoms with Gasteiger partial charge in [-0.1, -0.05) is 41.9 Å². The van der Waals surface area contributed by atoms with E-state index in [1.807, 2.05) is 6.07 Å². The Morgan fingerprint density at radius 2 is 1.86 bits per heavy atom. The molecule has 1 unspecified atom stereocenters. The third-order valence-corrected chi connectivity index (χ3v) is 6.83. The Morgan fingerprint density at radius 3 is 2.57 bits per heavy atom. The number of aliphatic hydroxyl groups is 2. The van der Waals surface area contributed by atoms with Crippen LogP contribution in [0.3, 0.4) is 0 Å². The van der Waals surface area contributed by atoms with Gasteiger partial charge in [0.2, 0.25) is 0 Å². The van der Waals surface area contributed by atoms with Crippen LogP contribution >= 0.6 is 11.6 Å². The quantitative estimate of drug-likeness (QED) is 0.427. The maximum absolute atomic E-state index is 14.7.